The lowest BCUT2D eigenvalue weighted by Gasteiger charge is -2.27. The third kappa shape index (κ3) is 3.52. The summed E-state index contributed by atoms with van der Waals surface area (Å²) in [4.78, 5) is 10.9. The van der Waals surface area contributed by atoms with E-state index in [1.54, 1.807) is 24.4 Å². The van der Waals surface area contributed by atoms with Crippen molar-refractivity contribution in [3.8, 4) is 23.0 Å². The minimum absolute atomic E-state index is 0.312. The minimum atomic E-state index is -0.312. The first-order chi connectivity index (χ1) is 14.3. The van der Waals surface area contributed by atoms with Gasteiger partial charge in [0.2, 0.25) is 11.8 Å². The molecule has 7 nitrogen and oxygen atoms in total. The molecule has 0 unspecified atom stereocenters. The van der Waals surface area contributed by atoms with Gasteiger partial charge in [0.15, 0.2) is 11.6 Å². The quantitative estimate of drug-likeness (QED) is 0.531. The van der Waals surface area contributed by atoms with E-state index in [1.807, 2.05) is 35.2 Å². The number of ether oxygens (including phenoxy) is 1. The van der Waals surface area contributed by atoms with Crippen LogP contribution in [0.2, 0.25) is 0 Å². The number of benzene rings is 2. The van der Waals surface area contributed by atoms with Gasteiger partial charge in [0, 0.05) is 30.9 Å². The third-order valence-electron chi connectivity index (χ3n) is 4.72. The molecule has 2 aromatic carbocycles. The molecule has 0 atom stereocenters. The Morgan fingerprint density at radius 2 is 1.72 bits per heavy atom. The molecule has 3 heterocycles. The van der Waals surface area contributed by atoms with Crippen molar-refractivity contribution in [2.45, 2.75) is 13.1 Å². The van der Waals surface area contributed by atoms with Crippen LogP contribution in [0.25, 0.3) is 11.4 Å². The highest BCUT2D eigenvalue weighted by Gasteiger charge is 2.23. The van der Waals surface area contributed by atoms with Gasteiger partial charge >= 0.3 is 0 Å². The zero-order chi connectivity index (χ0) is 19.6. The first-order valence-corrected chi connectivity index (χ1v) is 9.25. The van der Waals surface area contributed by atoms with Gasteiger partial charge in [0.1, 0.15) is 11.6 Å². The molecular formula is C21H17FN6O. The smallest absolute Gasteiger partial charge is 0.229 e. The number of hydrogen-bond donors (Lipinski definition) is 0. The van der Waals surface area contributed by atoms with Crippen LogP contribution in [-0.2, 0) is 13.1 Å². The first kappa shape index (κ1) is 17.3. The molecule has 144 valence electrons. The average molecular weight is 388 g/mol. The number of aromatic nitrogens is 5. The SMILES string of the molecule is Fc1ccc(Oc2ccnc(N3CCn4c(nnc4-c4ccccc4)C3)n2)cc1. The molecule has 0 radical (unpaired) electrons. The maximum Gasteiger partial charge on any atom is 0.229 e. The third-order valence-corrected chi connectivity index (χ3v) is 4.72. The van der Waals surface area contributed by atoms with Crippen LogP contribution in [0, 0.1) is 5.82 Å². The van der Waals surface area contributed by atoms with E-state index >= 15 is 0 Å². The van der Waals surface area contributed by atoms with Crippen LogP contribution in [0.1, 0.15) is 5.82 Å². The highest BCUT2D eigenvalue weighted by molar-refractivity contribution is 5.55. The summed E-state index contributed by atoms with van der Waals surface area (Å²) >= 11 is 0. The fourth-order valence-electron chi connectivity index (χ4n) is 3.29. The van der Waals surface area contributed by atoms with E-state index in [1.165, 1.54) is 12.1 Å². The van der Waals surface area contributed by atoms with Crippen molar-refractivity contribution in [3.63, 3.8) is 0 Å². The van der Waals surface area contributed by atoms with Crippen LogP contribution in [0.15, 0.2) is 66.9 Å². The standard InChI is InChI=1S/C21H17FN6O/c22-16-6-8-17(9-7-16)29-19-10-11-23-21(24-19)27-12-13-28-18(14-27)25-26-20(28)15-4-2-1-3-5-15/h1-11H,12-14H2. The molecule has 8 heteroatoms. The van der Waals surface area contributed by atoms with Crippen molar-refractivity contribution < 1.29 is 9.13 Å². The van der Waals surface area contributed by atoms with Crippen molar-refractivity contribution >= 4 is 5.95 Å². The second-order valence-electron chi connectivity index (χ2n) is 6.63. The Morgan fingerprint density at radius 3 is 2.55 bits per heavy atom. The van der Waals surface area contributed by atoms with Gasteiger partial charge < -0.3 is 14.2 Å². The van der Waals surface area contributed by atoms with E-state index in [2.05, 4.69) is 24.7 Å². The summed E-state index contributed by atoms with van der Waals surface area (Å²) in [6.07, 6.45) is 1.65. The summed E-state index contributed by atoms with van der Waals surface area (Å²) in [6, 6.07) is 17.5. The fraction of sp³-hybridized carbons (Fsp3) is 0.143. The van der Waals surface area contributed by atoms with Gasteiger partial charge in [-0.3, -0.25) is 0 Å². The molecule has 0 bridgehead atoms. The molecule has 2 aromatic heterocycles. The van der Waals surface area contributed by atoms with Crippen LogP contribution in [0.5, 0.6) is 11.6 Å². The van der Waals surface area contributed by atoms with Crippen molar-refractivity contribution in [2.24, 2.45) is 0 Å². The molecule has 0 saturated heterocycles. The van der Waals surface area contributed by atoms with E-state index < -0.39 is 0 Å². The summed E-state index contributed by atoms with van der Waals surface area (Å²) in [5.41, 5.74) is 1.05. The summed E-state index contributed by atoms with van der Waals surface area (Å²) in [5.74, 6) is 2.90. The summed E-state index contributed by atoms with van der Waals surface area (Å²) in [6.45, 7) is 2.02. The molecule has 0 fully saturated rings. The molecule has 0 amide bonds. The van der Waals surface area contributed by atoms with Crippen LogP contribution in [0.3, 0.4) is 0 Å². The maximum absolute atomic E-state index is 13.1. The predicted molar refractivity (Wildman–Crippen MR) is 105 cm³/mol. The van der Waals surface area contributed by atoms with E-state index in [0.717, 1.165) is 30.3 Å². The van der Waals surface area contributed by atoms with Gasteiger partial charge in [0.05, 0.1) is 6.54 Å². The van der Waals surface area contributed by atoms with Crippen molar-refractivity contribution in [1.29, 1.82) is 0 Å². The van der Waals surface area contributed by atoms with Gasteiger partial charge in [-0.05, 0) is 24.3 Å². The van der Waals surface area contributed by atoms with Crippen molar-refractivity contribution in [2.75, 3.05) is 11.4 Å². The van der Waals surface area contributed by atoms with Crippen LogP contribution >= 0.6 is 0 Å². The molecule has 29 heavy (non-hydrogen) atoms. The molecule has 0 saturated carbocycles. The topological polar surface area (TPSA) is 69.0 Å². The highest BCUT2D eigenvalue weighted by atomic mass is 19.1. The normalized spacial score (nSPS) is 13.2. The van der Waals surface area contributed by atoms with Gasteiger partial charge in [-0.1, -0.05) is 30.3 Å². The lowest BCUT2D eigenvalue weighted by Crippen LogP contribution is -2.35. The molecular weight excluding hydrogens is 371 g/mol. The first-order valence-electron chi connectivity index (χ1n) is 9.25. The molecule has 1 aliphatic heterocycles. The maximum atomic E-state index is 13.1. The Hall–Kier alpha value is -3.81. The Kier molecular flexibility index (Phi) is 4.36. The highest BCUT2D eigenvalue weighted by Crippen LogP contribution is 2.25. The van der Waals surface area contributed by atoms with Crippen molar-refractivity contribution in [1.82, 2.24) is 24.7 Å². The number of nitrogens with zero attached hydrogens (tertiary/aromatic N) is 6. The molecule has 0 N–H and O–H groups in total. The minimum Gasteiger partial charge on any atom is -0.439 e. The molecule has 5 rings (SSSR count). The zero-order valence-corrected chi connectivity index (χ0v) is 15.4. The monoisotopic (exact) mass is 388 g/mol. The van der Waals surface area contributed by atoms with Gasteiger partial charge in [0.25, 0.3) is 0 Å². The second kappa shape index (κ2) is 7.31. The van der Waals surface area contributed by atoms with Crippen molar-refractivity contribution in [3.05, 3.63) is 78.5 Å². The van der Waals surface area contributed by atoms with Gasteiger partial charge in [-0.15, -0.1) is 10.2 Å². The van der Waals surface area contributed by atoms with Crippen LogP contribution < -0.4 is 9.64 Å². The average Bonchev–Trinajstić information content (AvgIpc) is 3.19. The largest absolute Gasteiger partial charge is 0.439 e. The van der Waals surface area contributed by atoms with Crippen LogP contribution in [-0.4, -0.2) is 31.3 Å². The second-order valence-corrected chi connectivity index (χ2v) is 6.63. The lowest BCUT2D eigenvalue weighted by molar-refractivity contribution is 0.457. The number of rotatable bonds is 4. The van der Waals surface area contributed by atoms with E-state index in [-0.39, 0.29) is 5.82 Å². The predicted octanol–water partition coefficient (Wildman–Crippen LogP) is 3.69. The summed E-state index contributed by atoms with van der Waals surface area (Å²) in [5, 5.41) is 8.72. The molecule has 0 spiro atoms. The summed E-state index contributed by atoms with van der Waals surface area (Å²) < 4.78 is 20.9. The Balaban J connectivity index is 1.35. The van der Waals surface area contributed by atoms with E-state index in [0.29, 0.717) is 24.1 Å². The molecule has 1 aliphatic rings. The Morgan fingerprint density at radius 1 is 0.897 bits per heavy atom. The van der Waals surface area contributed by atoms with Crippen LogP contribution in [0.4, 0.5) is 10.3 Å². The number of fused-ring (bicyclic) bond motifs is 1. The summed E-state index contributed by atoms with van der Waals surface area (Å²) in [7, 11) is 0. The van der Waals surface area contributed by atoms with Gasteiger partial charge in [-0.25, -0.2) is 9.37 Å². The van der Waals surface area contributed by atoms with E-state index in [4.69, 9.17) is 4.74 Å². The number of anilines is 1. The molecule has 4 aromatic rings. The van der Waals surface area contributed by atoms with Gasteiger partial charge in [-0.2, -0.15) is 4.98 Å². The van der Waals surface area contributed by atoms with E-state index in [9.17, 15) is 4.39 Å². The molecule has 0 aliphatic carbocycles. The Bertz CT molecular complexity index is 1130. The number of hydrogen-bond acceptors (Lipinski definition) is 6. The zero-order valence-electron chi connectivity index (χ0n) is 15.4. The Labute approximate surface area is 166 Å². The fourth-order valence-corrected chi connectivity index (χ4v) is 3.29. The lowest BCUT2D eigenvalue weighted by atomic mass is 10.2. The number of halogens is 1.